The predicted octanol–water partition coefficient (Wildman–Crippen LogP) is 3.07. The largest absolute Gasteiger partial charge is 0.465 e. The van der Waals surface area contributed by atoms with Crippen molar-refractivity contribution in [2.24, 2.45) is 0 Å². The summed E-state index contributed by atoms with van der Waals surface area (Å²) in [6, 6.07) is 11.3. The van der Waals surface area contributed by atoms with Gasteiger partial charge in [-0.2, -0.15) is 10.4 Å². The van der Waals surface area contributed by atoms with Gasteiger partial charge in [-0.05, 0) is 32.9 Å². The highest BCUT2D eigenvalue weighted by molar-refractivity contribution is 5.82. The molecule has 0 unspecified atom stereocenters. The first kappa shape index (κ1) is 14.6. The Balaban J connectivity index is 2.55. The summed E-state index contributed by atoms with van der Waals surface area (Å²) in [6.07, 6.45) is -1.18. The molecule has 1 amide bonds. The average Bonchev–Trinajstić information content (AvgIpc) is 2.83. The number of aryl methyl sites for hydroxylation is 1. The Morgan fingerprint density at radius 3 is 2.52 bits per heavy atom. The normalized spacial score (nSPS) is 11.0. The number of hydrogen-bond donors (Lipinski definition) is 2. The third-order valence-electron chi connectivity index (χ3n) is 3.14. The van der Waals surface area contributed by atoms with Crippen LogP contribution in [0.2, 0.25) is 0 Å². The molecule has 1 heterocycles. The molecule has 0 aliphatic heterocycles. The van der Waals surface area contributed by atoms with Gasteiger partial charge in [-0.1, -0.05) is 17.7 Å². The molecule has 2 N–H and O–H groups in total. The van der Waals surface area contributed by atoms with Crippen molar-refractivity contribution >= 4 is 11.9 Å². The van der Waals surface area contributed by atoms with E-state index in [1.54, 1.807) is 19.9 Å². The monoisotopic (exact) mass is 284 g/mol. The zero-order valence-electron chi connectivity index (χ0n) is 12.1. The summed E-state index contributed by atoms with van der Waals surface area (Å²) in [5.74, 6) is 0.310. The molecule has 0 bridgehead atoms. The second-order valence-electron chi connectivity index (χ2n) is 5.33. The molecule has 0 saturated heterocycles. The highest BCUT2D eigenvalue weighted by atomic mass is 16.4. The number of nitrogens with zero attached hydrogens (tertiary/aromatic N) is 3. The van der Waals surface area contributed by atoms with Crippen LogP contribution in [0, 0.1) is 18.3 Å². The molecule has 108 valence electrons. The van der Waals surface area contributed by atoms with Crippen LogP contribution in [-0.2, 0) is 5.41 Å². The van der Waals surface area contributed by atoms with Gasteiger partial charge in [0.25, 0.3) is 0 Å². The van der Waals surface area contributed by atoms with Gasteiger partial charge in [0.05, 0.1) is 22.9 Å². The Hall–Kier alpha value is -2.81. The zero-order chi connectivity index (χ0) is 15.6. The number of carboxylic acid groups (broad SMARTS) is 1. The van der Waals surface area contributed by atoms with Gasteiger partial charge in [-0.15, -0.1) is 0 Å². The van der Waals surface area contributed by atoms with E-state index in [4.69, 9.17) is 5.11 Å². The molecule has 0 fully saturated rings. The van der Waals surface area contributed by atoms with Crippen LogP contribution >= 0.6 is 0 Å². The van der Waals surface area contributed by atoms with E-state index in [1.807, 2.05) is 31.2 Å². The highest BCUT2D eigenvalue weighted by Gasteiger charge is 2.25. The Morgan fingerprint density at radius 1 is 1.38 bits per heavy atom. The van der Waals surface area contributed by atoms with Gasteiger partial charge in [0, 0.05) is 6.07 Å². The summed E-state index contributed by atoms with van der Waals surface area (Å²) in [7, 11) is 0. The fraction of sp³-hybridized carbons (Fsp3) is 0.267. The topological polar surface area (TPSA) is 90.9 Å². The van der Waals surface area contributed by atoms with Gasteiger partial charge in [0.1, 0.15) is 5.82 Å². The lowest BCUT2D eigenvalue weighted by Crippen LogP contribution is -2.15. The van der Waals surface area contributed by atoms with Crippen LogP contribution in [-0.4, -0.2) is 21.0 Å². The van der Waals surface area contributed by atoms with Crippen molar-refractivity contribution < 1.29 is 9.90 Å². The van der Waals surface area contributed by atoms with Gasteiger partial charge in [0.2, 0.25) is 0 Å². The molecule has 6 heteroatoms. The first-order valence-corrected chi connectivity index (χ1v) is 6.42. The fourth-order valence-corrected chi connectivity index (χ4v) is 1.83. The predicted molar refractivity (Wildman–Crippen MR) is 78.6 cm³/mol. The Labute approximate surface area is 122 Å². The summed E-state index contributed by atoms with van der Waals surface area (Å²) in [5, 5.41) is 24.8. The minimum atomic E-state index is -1.18. The molecule has 0 saturated carbocycles. The molecule has 1 aromatic heterocycles. The number of nitrogens with one attached hydrogen (secondary N) is 1. The van der Waals surface area contributed by atoms with E-state index in [0.717, 1.165) is 11.3 Å². The minimum absolute atomic E-state index is 0.310. The molecule has 21 heavy (non-hydrogen) atoms. The number of carbonyl (C=O) groups is 1. The molecule has 0 aliphatic carbocycles. The Morgan fingerprint density at radius 2 is 2.00 bits per heavy atom. The smallest absolute Gasteiger partial charge is 0.410 e. The van der Waals surface area contributed by atoms with Gasteiger partial charge in [0.15, 0.2) is 0 Å². The van der Waals surface area contributed by atoms with Crippen LogP contribution in [0.1, 0.15) is 25.1 Å². The van der Waals surface area contributed by atoms with E-state index in [9.17, 15) is 10.1 Å². The third kappa shape index (κ3) is 3.03. The number of amides is 1. The van der Waals surface area contributed by atoms with E-state index >= 15 is 0 Å². The Bertz CT molecular complexity index is 708. The maximum atomic E-state index is 10.9. The molecule has 1 aromatic carbocycles. The first-order chi connectivity index (χ1) is 9.83. The lowest BCUT2D eigenvalue weighted by atomic mass is 9.92. The second-order valence-corrected chi connectivity index (χ2v) is 5.33. The standard InChI is InChI=1S/C15H16N4O2/c1-10-4-6-11(7-5-10)19-13(17-14(20)21)8-12(18-19)15(2,3)9-16/h4-8,17H,1-3H3,(H,20,21). The summed E-state index contributed by atoms with van der Waals surface area (Å²) < 4.78 is 1.49. The molecule has 0 spiro atoms. The van der Waals surface area contributed by atoms with Crippen LogP contribution < -0.4 is 5.32 Å². The number of anilines is 1. The third-order valence-corrected chi connectivity index (χ3v) is 3.14. The molecule has 0 atom stereocenters. The van der Waals surface area contributed by atoms with Crippen molar-refractivity contribution in [3.63, 3.8) is 0 Å². The summed E-state index contributed by atoms with van der Waals surface area (Å²) in [6.45, 7) is 5.44. The average molecular weight is 284 g/mol. The fourth-order valence-electron chi connectivity index (χ4n) is 1.83. The lowest BCUT2D eigenvalue weighted by Gasteiger charge is -2.10. The van der Waals surface area contributed by atoms with Crippen molar-refractivity contribution in [2.75, 3.05) is 5.32 Å². The molecule has 6 nitrogen and oxygen atoms in total. The quantitative estimate of drug-likeness (QED) is 0.906. The SMILES string of the molecule is Cc1ccc(-n2nc(C(C)(C)C#N)cc2NC(=O)O)cc1. The van der Waals surface area contributed by atoms with Crippen molar-refractivity contribution in [2.45, 2.75) is 26.2 Å². The maximum Gasteiger partial charge on any atom is 0.410 e. The van der Waals surface area contributed by atoms with E-state index < -0.39 is 11.5 Å². The van der Waals surface area contributed by atoms with Crippen molar-refractivity contribution in [3.8, 4) is 11.8 Å². The van der Waals surface area contributed by atoms with E-state index in [2.05, 4.69) is 16.5 Å². The van der Waals surface area contributed by atoms with E-state index in [0.29, 0.717) is 11.5 Å². The summed E-state index contributed by atoms with van der Waals surface area (Å²) >= 11 is 0. The first-order valence-electron chi connectivity index (χ1n) is 6.42. The van der Waals surface area contributed by atoms with Gasteiger partial charge >= 0.3 is 6.09 Å². The van der Waals surface area contributed by atoms with Gasteiger partial charge < -0.3 is 5.11 Å². The van der Waals surface area contributed by atoms with Crippen molar-refractivity contribution in [3.05, 3.63) is 41.6 Å². The maximum absolute atomic E-state index is 10.9. The summed E-state index contributed by atoms with van der Waals surface area (Å²) in [5.41, 5.74) is 1.53. The molecule has 2 aromatic rings. The van der Waals surface area contributed by atoms with Crippen molar-refractivity contribution in [1.82, 2.24) is 9.78 Å². The van der Waals surface area contributed by atoms with E-state index in [1.165, 1.54) is 4.68 Å². The number of rotatable bonds is 3. The van der Waals surface area contributed by atoms with Gasteiger partial charge in [-0.25, -0.2) is 9.48 Å². The minimum Gasteiger partial charge on any atom is -0.465 e. The summed E-state index contributed by atoms with van der Waals surface area (Å²) in [4.78, 5) is 10.9. The van der Waals surface area contributed by atoms with Crippen LogP contribution in [0.5, 0.6) is 0 Å². The highest BCUT2D eigenvalue weighted by Crippen LogP contribution is 2.26. The van der Waals surface area contributed by atoms with Crippen LogP contribution in [0.4, 0.5) is 10.6 Å². The van der Waals surface area contributed by atoms with Crippen molar-refractivity contribution in [1.29, 1.82) is 5.26 Å². The van der Waals surface area contributed by atoms with E-state index in [-0.39, 0.29) is 0 Å². The van der Waals surface area contributed by atoms with Gasteiger partial charge in [-0.3, -0.25) is 5.32 Å². The van der Waals surface area contributed by atoms with Crippen LogP contribution in [0.25, 0.3) is 5.69 Å². The number of nitriles is 1. The van der Waals surface area contributed by atoms with Crippen LogP contribution in [0.15, 0.2) is 30.3 Å². The second kappa shape index (κ2) is 5.29. The van der Waals surface area contributed by atoms with Crippen LogP contribution in [0.3, 0.4) is 0 Å². The zero-order valence-corrected chi connectivity index (χ0v) is 12.1. The Kier molecular flexibility index (Phi) is 3.68. The molecular weight excluding hydrogens is 268 g/mol. The molecule has 0 radical (unpaired) electrons. The number of benzene rings is 1. The number of aromatic nitrogens is 2. The molecular formula is C15H16N4O2. The lowest BCUT2D eigenvalue weighted by molar-refractivity contribution is 0.209. The number of hydrogen-bond acceptors (Lipinski definition) is 3. The molecule has 0 aliphatic rings. The molecule has 2 rings (SSSR count).